The summed E-state index contributed by atoms with van der Waals surface area (Å²) in [4.78, 5) is 36.6. The molecule has 1 amide bonds. The third-order valence-corrected chi connectivity index (χ3v) is 8.62. The number of hydrogen-bond donors (Lipinski definition) is 3. The summed E-state index contributed by atoms with van der Waals surface area (Å²) >= 11 is 13.8. The highest BCUT2D eigenvalue weighted by Crippen LogP contribution is 2.41. The molecule has 1 aliphatic heterocycles. The molecule has 0 radical (unpaired) electrons. The standard InChI is InChI=1S/C32H34Cl2N6O5/c1-39-14-13-26-24(16-39)36-29(40(26)2)30(42)37-23-10-6-8-20(28(23)34)19-7-5-9-21(27(19)33)22-12-11-18(31(38-22)44-3)15-35-25(17-41)32(43)45-4/h5-12,25,35,41H,13-17H2,1-4H3,(H,37,42). The van der Waals surface area contributed by atoms with E-state index >= 15 is 0 Å². The molecule has 2 aromatic heterocycles. The number of imidazole rings is 1. The fraction of sp³-hybridized carbons (Fsp3) is 0.312. The van der Waals surface area contributed by atoms with Gasteiger partial charge >= 0.3 is 5.97 Å². The van der Waals surface area contributed by atoms with Gasteiger partial charge in [0.15, 0.2) is 5.82 Å². The van der Waals surface area contributed by atoms with Crippen LogP contribution < -0.4 is 15.4 Å². The van der Waals surface area contributed by atoms with Gasteiger partial charge in [0.1, 0.15) is 6.04 Å². The van der Waals surface area contributed by atoms with Crippen molar-refractivity contribution in [2.45, 2.75) is 25.6 Å². The molecule has 0 bridgehead atoms. The van der Waals surface area contributed by atoms with Gasteiger partial charge in [0.2, 0.25) is 5.88 Å². The number of benzene rings is 2. The van der Waals surface area contributed by atoms with Crippen molar-refractivity contribution in [1.29, 1.82) is 0 Å². The Kier molecular flexibility index (Phi) is 10.1. The number of hydrogen-bond acceptors (Lipinski definition) is 9. The van der Waals surface area contributed by atoms with Crippen LogP contribution in [0.1, 0.15) is 27.6 Å². The first-order chi connectivity index (χ1) is 21.7. The van der Waals surface area contributed by atoms with Gasteiger partial charge in [-0.2, -0.15) is 0 Å². The second kappa shape index (κ2) is 14.0. The number of amides is 1. The van der Waals surface area contributed by atoms with Crippen LogP contribution >= 0.6 is 23.2 Å². The second-order valence-electron chi connectivity index (χ2n) is 10.7. The van der Waals surface area contributed by atoms with Crippen LogP contribution in [0.5, 0.6) is 5.88 Å². The highest BCUT2D eigenvalue weighted by molar-refractivity contribution is 6.39. The fourth-order valence-corrected chi connectivity index (χ4v) is 5.94. The predicted octanol–water partition coefficient (Wildman–Crippen LogP) is 4.33. The summed E-state index contributed by atoms with van der Waals surface area (Å²) in [5.41, 5.74) is 5.56. The number of nitrogens with zero attached hydrogens (tertiary/aromatic N) is 4. The van der Waals surface area contributed by atoms with Crippen molar-refractivity contribution in [3.63, 3.8) is 0 Å². The minimum atomic E-state index is -0.883. The maximum atomic E-state index is 13.3. The van der Waals surface area contributed by atoms with Crippen LogP contribution in [0.15, 0.2) is 48.5 Å². The average molecular weight is 654 g/mol. The van der Waals surface area contributed by atoms with E-state index in [1.807, 2.05) is 42.9 Å². The van der Waals surface area contributed by atoms with Crippen molar-refractivity contribution >= 4 is 40.8 Å². The number of anilines is 1. The minimum absolute atomic E-state index is 0.205. The molecule has 0 fully saturated rings. The Morgan fingerprint density at radius 3 is 2.42 bits per heavy atom. The van der Waals surface area contributed by atoms with Crippen LogP contribution in [0.3, 0.4) is 0 Å². The lowest BCUT2D eigenvalue weighted by Crippen LogP contribution is -2.40. The zero-order valence-corrected chi connectivity index (χ0v) is 26.9. The Hall–Kier alpha value is -4.00. The van der Waals surface area contributed by atoms with Crippen LogP contribution in [0.25, 0.3) is 22.4 Å². The van der Waals surface area contributed by atoms with E-state index in [-0.39, 0.29) is 12.5 Å². The third-order valence-electron chi connectivity index (χ3n) is 7.80. The van der Waals surface area contributed by atoms with Gasteiger partial charge in [-0.25, -0.2) is 9.97 Å². The smallest absolute Gasteiger partial charge is 0.325 e. The molecule has 3 N–H and O–H groups in total. The maximum Gasteiger partial charge on any atom is 0.325 e. The SMILES string of the molecule is COC(=O)C(CO)NCc1ccc(-c2cccc(-c3cccc(NC(=O)c4nc5c(n4C)CCN(C)C5)c3Cl)c2Cl)nc1OC. The van der Waals surface area contributed by atoms with Crippen molar-refractivity contribution in [1.82, 2.24) is 24.8 Å². The van der Waals surface area contributed by atoms with Crippen molar-refractivity contribution in [2.24, 2.45) is 7.05 Å². The number of aromatic nitrogens is 3. The number of carbonyl (C=O) groups is 2. The van der Waals surface area contributed by atoms with E-state index in [0.29, 0.717) is 61.9 Å². The topological polar surface area (TPSA) is 131 Å². The Morgan fingerprint density at radius 2 is 1.71 bits per heavy atom. The van der Waals surface area contributed by atoms with E-state index in [2.05, 4.69) is 25.5 Å². The zero-order valence-electron chi connectivity index (χ0n) is 25.4. The number of methoxy groups -OCH3 is 2. The van der Waals surface area contributed by atoms with E-state index in [1.165, 1.54) is 14.2 Å². The van der Waals surface area contributed by atoms with E-state index in [0.717, 1.165) is 24.4 Å². The molecular formula is C32H34Cl2N6O5. The molecule has 236 valence electrons. The average Bonchev–Trinajstić information content (AvgIpc) is 3.37. The normalized spacial score (nSPS) is 13.7. The maximum absolute atomic E-state index is 13.3. The number of aliphatic hydroxyl groups excluding tert-OH is 1. The first-order valence-corrected chi connectivity index (χ1v) is 15.0. The van der Waals surface area contributed by atoms with Crippen molar-refractivity contribution in [3.05, 3.63) is 81.4 Å². The molecule has 11 nitrogen and oxygen atoms in total. The van der Waals surface area contributed by atoms with Gasteiger partial charge in [-0.1, -0.05) is 59.6 Å². The predicted molar refractivity (Wildman–Crippen MR) is 173 cm³/mol. The van der Waals surface area contributed by atoms with Crippen LogP contribution in [0.2, 0.25) is 10.0 Å². The Balaban J connectivity index is 1.40. The molecule has 13 heteroatoms. The van der Waals surface area contributed by atoms with Gasteiger partial charge in [-0.15, -0.1) is 0 Å². The first kappa shape index (κ1) is 32.4. The van der Waals surface area contributed by atoms with E-state index in [9.17, 15) is 14.7 Å². The highest BCUT2D eigenvalue weighted by atomic mass is 35.5. The number of ether oxygens (including phenoxy) is 2. The van der Waals surface area contributed by atoms with Gasteiger partial charge in [0, 0.05) is 61.1 Å². The summed E-state index contributed by atoms with van der Waals surface area (Å²) < 4.78 is 12.1. The first-order valence-electron chi connectivity index (χ1n) is 14.2. The largest absolute Gasteiger partial charge is 0.481 e. The molecule has 4 aromatic rings. The number of rotatable bonds is 10. The van der Waals surface area contributed by atoms with E-state index in [1.54, 1.807) is 24.3 Å². The highest BCUT2D eigenvalue weighted by Gasteiger charge is 2.25. The zero-order chi connectivity index (χ0) is 32.2. The number of aliphatic hydroxyl groups is 1. The summed E-state index contributed by atoms with van der Waals surface area (Å²) in [7, 11) is 6.64. The summed E-state index contributed by atoms with van der Waals surface area (Å²) in [6.45, 7) is 1.39. The third kappa shape index (κ3) is 6.68. The lowest BCUT2D eigenvalue weighted by atomic mass is 10.00. The van der Waals surface area contributed by atoms with Gasteiger partial charge in [0.25, 0.3) is 5.91 Å². The van der Waals surface area contributed by atoms with Gasteiger partial charge in [0.05, 0.1) is 47.9 Å². The number of nitrogens with one attached hydrogen (secondary N) is 2. The summed E-state index contributed by atoms with van der Waals surface area (Å²) in [6, 6.07) is 13.6. The van der Waals surface area contributed by atoms with Gasteiger partial charge in [-0.05, 0) is 19.2 Å². The molecular weight excluding hydrogens is 619 g/mol. The molecule has 1 aliphatic rings. The molecule has 0 saturated carbocycles. The lowest BCUT2D eigenvalue weighted by Gasteiger charge is -2.21. The van der Waals surface area contributed by atoms with Crippen LogP contribution in [-0.2, 0) is 36.1 Å². The molecule has 0 saturated heterocycles. The van der Waals surface area contributed by atoms with Crippen LogP contribution in [-0.4, -0.2) is 76.9 Å². The minimum Gasteiger partial charge on any atom is -0.481 e. The molecule has 1 atom stereocenters. The Bertz CT molecular complexity index is 1740. The number of fused-ring (bicyclic) bond motifs is 1. The lowest BCUT2D eigenvalue weighted by molar-refractivity contribution is -0.144. The molecule has 5 rings (SSSR count). The monoisotopic (exact) mass is 652 g/mol. The quantitative estimate of drug-likeness (QED) is 0.214. The molecule has 0 spiro atoms. The Morgan fingerprint density at radius 1 is 1.00 bits per heavy atom. The fourth-order valence-electron chi connectivity index (χ4n) is 5.34. The number of likely N-dealkylation sites (N-methyl/N-ethyl adjacent to an activating group) is 1. The van der Waals surface area contributed by atoms with Crippen molar-refractivity contribution in [3.8, 4) is 28.3 Å². The molecule has 2 aromatic carbocycles. The number of pyridine rings is 1. The van der Waals surface area contributed by atoms with Crippen molar-refractivity contribution < 1.29 is 24.2 Å². The number of halogens is 2. The number of esters is 1. The van der Waals surface area contributed by atoms with Crippen LogP contribution in [0.4, 0.5) is 5.69 Å². The summed E-state index contributed by atoms with van der Waals surface area (Å²) in [5.74, 6) is -0.271. The Labute approximate surface area is 271 Å². The molecule has 0 aliphatic carbocycles. The second-order valence-corrected chi connectivity index (χ2v) is 11.4. The molecule has 45 heavy (non-hydrogen) atoms. The van der Waals surface area contributed by atoms with E-state index in [4.69, 9.17) is 32.7 Å². The van der Waals surface area contributed by atoms with Crippen LogP contribution in [0, 0.1) is 0 Å². The summed E-state index contributed by atoms with van der Waals surface area (Å²) in [5, 5.41) is 16.1. The van der Waals surface area contributed by atoms with Gasteiger partial charge in [-0.3, -0.25) is 14.9 Å². The van der Waals surface area contributed by atoms with Crippen molar-refractivity contribution in [2.75, 3.05) is 39.7 Å². The molecule has 3 heterocycles. The number of carbonyl (C=O) groups excluding carboxylic acids is 2. The summed E-state index contributed by atoms with van der Waals surface area (Å²) in [6.07, 6.45) is 0.827. The van der Waals surface area contributed by atoms with E-state index < -0.39 is 18.6 Å². The van der Waals surface area contributed by atoms with Gasteiger partial charge < -0.3 is 29.4 Å². The molecule has 1 unspecified atom stereocenters.